The molecule has 0 saturated carbocycles. The molecular formula is C27H25F3N6O4. The summed E-state index contributed by atoms with van der Waals surface area (Å²) < 4.78 is 42.2. The Kier molecular flexibility index (Phi) is 8.08. The van der Waals surface area contributed by atoms with Crippen LogP contribution in [-0.2, 0) is 12.7 Å². The van der Waals surface area contributed by atoms with Gasteiger partial charge in [0.15, 0.2) is 0 Å². The highest BCUT2D eigenvalue weighted by Gasteiger charge is 2.33. The molecule has 0 atom stereocenters. The highest BCUT2D eigenvalue weighted by atomic mass is 19.4. The third-order valence-corrected chi connectivity index (χ3v) is 6.54. The quantitative estimate of drug-likeness (QED) is 0.414. The minimum atomic E-state index is -4.63. The first-order valence-corrected chi connectivity index (χ1v) is 12.4. The molecule has 2 heterocycles. The van der Waals surface area contributed by atoms with Crippen molar-refractivity contribution in [2.45, 2.75) is 32.5 Å². The molecule has 0 bridgehead atoms. The van der Waals surface area contributed by atoms with Crippen LogP contribution in [0.3, 0.4) is 0 Å². The smallest absolute Gasteiger partial charge is 0.352 e. The third kappa shape index (κ3) is 5.75. The second-order valence-corrected chi connectivity index (χ2v) is 9.09. The van der Waals surface area contributed by atoms with Crippen molar-refractivity contribution in [1.29, 1.82) is 5.26 Å². The first-order chi connectivity index (χ1) is 19.0. The number of aromatic nitrogens is 2. The highest BCUT2D eigenvalue weighted by Crippen LogP contribution is 2.33. The van der Waals surface area contributed by atoms with Crippen molar-refractivity contribution in [3.63, 3.8) is 0 Å². The van der Waals surface area contributed by atoms with Gasteiger partial charge in [0.05, 0.1) is 23.9 Å². The van der Waals surface area contributed by atoms with Gasteiger partial charge in [0.25, 0.3) is 11.5 Å². The second-order valence-electron chi connectivity index (χ2n) is 9.09. The third-order valence-electron chi connectivity index (χ3n) is 6.54. The van der Waals surface area contributed by atoms with Crippen LogP contribution < -0.4 is 26.8 Å². The maximum Gasteiger partial charge on any atom is 0.416 e. The molecule has 1 aliphatic heterocycles. The van der Waals surface area contributed by atoms with Crippen LogP contribution in [-0.4, -0.2) is 40.7 Å². The molecule has 10 nitrogen and oxygen atoms in total. The van der Waals surface area contributed by atoms with Gasteiger partial charge in [-0.05, 0) is 54.8 Å². The van der Waals surface area contributed by atoms with Gasteiger partial charge >= 0.3 is 17.9 Å². The van der Waals surface area contributed by atoms with Crippen molar-refractivity contribution in [3.8, 4) is 11.8 Å². The van der Waals surface area contributed by atoms with Crippen LogP contribution in [0.2, 0.25) is 0 Å². The van der Waals surface area contributed by atoms with Crippen molar-refractivity contribution in [2.75, 3.05) is 24.5 Å². The number of carbonyl (C=O) groups excluding carboxylic acids is 2. The van der Waals surface area contributed by atoms with E-state index in [4.69, 9.17) is 5.26 Å². The standard InChI is InChI=1S/C27H25F3N6O4/c1-17-18(5-4-6-22(17)27(28,29)30)15-36-24(38)21(23(37)32-12-3-2-11-31)16-35(26(36)40)20-9-7-19(8-10-20)34-14-13-33-25(34)39/h4-10,16H,2-3,12-15H2,1H3,(H,32,37)(H,33,39). The van der Waals surface area contributed by atoms with Crippen LogP contribution in [0.15, 0.2) is 58.3 Å². The maximum absolute atomic E-state index is 13.5. The Morgan fingerprint density at radius 3 is 2.42 bits per heavy atom. The van der Waals surface area contributed by atoms with Crippen molar-refractivity contribution in [1.82, 2.24) is 19.8 Å². The van der Waals surface area contributed by atoms with E-state index in [-0.39, 0.29) is 35.8 Å². The van der Waals surface area contributed by atoms with E-state index in [0.717, 1.165) is 16.8 Å². The zero-order valence-corrected chi connectivity index (χ0v) is 21.4. The summed E-state index contributed by atoms with van der Waals surface area (Å²) in [6.07, 6.45) is -3.03. The van der Waals surface area contributed by atoms with Gasteiger partial charge in [0.2, 0.25) is 0 Å². The number of halogens is 3. The van der Waals surface area contributed by atoms with Gasteiger partial charge < -0.3 is 10.6 Å². The number of amides is 3. The molecule has 208 valence electrons. The van der Waals surface area contributed by atoms with Gasteiger partial charge in [0, 0.05) is 37.9 Å². The zero-order valence-electron chi connectivity index (χ0n) is 21.4. The summed E-state index contributed by atoms with van der Waals surface area (Å²) in [5, 5.41) is 13.9. The molecule has 2 aromatic carbocycles. The fraction of sp³-hybridized carbons (Fsp3) is 0.296. The van der Waals surface area contributed by atoms with Crippen LogP contribution in [0.25, 0.3) is 5.69 Å². The van der Waals surface area contributed by atoms with E-state index < -0.39 is 41.0 Å². The molecule has 0 unspecified atom stereocenters. The summed E-state index contributed by atoms with van der Waals surface area (Å²) in [4.78, 5) is 53.3. The lowest BCUT2D eigenvalue weighted by Gasteiger charge is -2.17. The molecule has 0 aliphatic carbocycles. The number of nitrogens with zero attached hydrogens (tertiary/aromatic N) is 4. The lowest BCUT2D eigenvalue weighted by Crippen LogP contribution is -2.44. The summed E-state index contributed by atoms with van der Waals surface area (Å²) in [5.74, 6) is -0.795. The first-order valence-electron chi connectivity index (χ1n) is 12.4. The minimum absolute atomic E-state index is 0.0857. The van der Waals surface area contributed by atoms with Crippen LogP contribution in [0.5, 0.6) is 0 Å². The van der Waals surface area contributed by atoms with Crippen LogP contribution in [0, 0.1) is 18.3 Å². The predicted molar refractivity (Wildman–Crippen MR) is 140 cm³/mol. The number of alkyl halides is 3. The number of nitriles is 1. The molecule has 3 aromatic rings. The molecule has 0 radical (unpaired) electrons. The van der Waals surface area contributed by atoms with Gasteiger partial charge in [0.1, 0.15) is 5.56 Å². The normalized spacial score (nSPS) is 13.2. The molecule has 4 rings (SSSR count). The van der Waals surface area contributed by atoms with Crippen molar-refractivity contribution in [2.24, 2.45) is 0 Å². The van der Waals surface area contributed by atoms with E-state index in [2.05, 4.69) is 10.6 Å². The molecule has 1 fully saturated rings. The molecule has 3 amide bonds. The van der Waals surface area contributed by atoms with E-state index in [1.165, 1.54) is 36.1 Å². The fourth-order valence-electron chi connectivity index (χ4n) is 4.39. The monoisotopic (exact) mass is 554 g/mol. The molecule has 13 heteroatoms. The molecule has 1 aromatic heterocycles. The summed E-state index contributed by atoms with van der Waals surface area (Å²) in [5.41, 5.74) is -2.36. The topological polar surface area (TPSA) is 129 Å². The van der Waals surface area contributed by atoms with Gasteiger partial charge in [-0.3, -0.25) is 23.6 Å². The Bertz CT molecular complexity index is 1600. The lowest BCUT2D eigenvalue weighted by molar-refractivity contribution is -0.138. The number of hydrogen-bond donors (Lipinski definition) is 2. The number of benzene rings is 2. The summed E-state index contributed by atoms with van der Waals surface area (Å²) in [7, 11) is 0. The fourth-order valence-corrected chi connectivity index (χ4v) is 4.39. The second kappa shape index (κ2) is 11.5. The Balaban J connectivity index is 1.80. The molecule has 1 aliphatic rings. The largest absolute Gasteiger partial charge is 0.416 e. The average Bonchev–Trinajstić information content (AvgIpc) is 3.35. The van der Waals surface area contributed by atoms with E-state index >= 15 is 0 Å². The van der Waals surface area contributed by atoms with Gasteiger partial charge in [-0.25, -0.2) is 9.59 Å². The zero-order chi connectivity index (χ0) is 29.0. The first kappa shape index (κ1) is 28.2. The Hall–Kier alpha value is -4.86. The van der Waals surface area contributed by atoms with Gasteiger partial charge in [-0.2, -0.15) is 18.4 Å². The number of carbonyl (C=O) groups is 2. The van der Waals surface area contributed by atoms with Crippen LogP contribution in [0.4, 0.5) is 23.7 Å². The van der Waals surface area contributed by atoms with Crippen LogP contribution >= 0.6 is 0 Å². The Labute approximate surface area is 226 Å². The lowest BCUT2D eigenvalue weighted by atomic mass is 10.0. The van der Waals surface area contributed by atoms with Crippen molar-refractivity contribution in [3.05, 3.63) is 91.8 Å². The average molecular weight is 555 g/mol. The molecular weight excluding hydrogens is 529 g/mol. The van der Waals surface area contributed by atoms with E-state index in [0.29, 0.717) is 29.8 Å². The predicted octanol–water partition coefficient (Wildman–Crippen LogP) is 2.94. The molecule has 2 N–H and O–H groups in total. The number of rotatable bonds is 8. The minimum Gasteiger partial charge on any atom is -0.352 e. The number of hydrogen-bond acceptors (Lipinski definition) is 5. The SMILES string of the molecule is Cc1c(Cn2c(=O)c(C(=O)NCCCC#N)cn(-c3ccc(N4CCNC4=O)cc3)c2=O)cccc1C(F)(F)F. The van der Waals surface area contributed by atoms with Crippen molar-refractivity contribution < 1.29 is 22.8 Å². The molecule has 40 heavy (non-hydrogen) atoms. The molecule has 0 spiro atoms. The van der Waals surface area contributed by atoms with Gasteiger partial charge in [-0.1, -0.05) is 12.1 Å². The number of urea groups is 1. The Morgan fingerprint density at radius 1 is 1.10 bits per heavy atom. The Morgan fingerprint density at radius 2 is 1.80 bits per heavy atom. The number of nitrogens with one attached hydrogen (secondary N) is 2. The summed E-state index contributed by atoms with van der Waals surface area (Å²) in [6, 6.07) is 11.4. The maximum atomic E-state index is 13.5. The number of anilines is 1. The van der Waals surface area contributed by atoms with E-state index in [9.17, 15) is 32.3 Å². The number of unbranched alkanes of at least 4 members (excludes halogenated alkanes) is 1. The summed E-state index contributed by atoms with van der Waals surface area (Å²) in [6.45, 7) is 1.78. The van der Waals surface area contributed by atoms with E-state index in [1.54, 1.807) is 12.1 Å². The van der Waals surface area contributed by atoms with E-state index in [1.807, 2.05) is 6.07 Å². The van der Waals surface area contributed by atoms with Crippen LogP contribution in [0.1, 0.15) is 39.9 Å². The van der Waals surface area contributed by atoms with Crippen molar-refractivity contribution >= 4 is 17.6 Å². The molecule has 1 saturated heterocycles. The van der Waals surface area contributed by atoms with Gasteiger partial charge in [-0.15, -0.1) is 0 Å². The summed E-state index contributed by atoms with van der Waals surface area (Å²) >= 11 is 0. The highest BCUT2D eigenvalue weighted by molar-refractivity contribution is 5.94.